The average Bonchev–Trinajstić information content (AvgIpc) is 2.36. The van der Waals surface area contributed by atoms with Crippen molar-refractivity contribution in [2.75, 3.05) is 12.8 Å². The summed E-state index contributed by atoms with van der Waals surface area (Å²) in [5.74, 6) is -2.18. The van der Waals surface area contributed by atoms with Crippen LogP contribution in [0, 0.1) is 0 Å². The number of unbranched alkanes of at least 4 members (excludes halogenated alkanes) is 1. The first-order valence-electron chi connectivity index (χ1n) is 6.20. The van der Waals surface area contributed by atoms with Gasteiger partial charge >= 0.3 is 37.2 Å². The monoisotopic (exact) mass is 340 g/mol. The van der Waals surface area contributed by atoms with Crippen LogP contribution < -0.4 is 29.6 Å². The van der Waals surface area contributed by atoms with Gasteiger partial charge in [-0.05, 0) is 12.8 Å². The molecule has 0 aromatic heterocycles. The minimum absolute atomic E-state index is 0. The quantitative estimate of drug-likeness (QED) is 0.142. The van der Waals surface area contributed by atoms with Crippen LogP contribution in [0.5, 0.6) is 0 Å². The van der Waals surface area contributed by atoms with Gasteiger partial charge in [-0.2, -0.15) is 0 Å². The van der Waals surface area contributed by atoms with Crippen molar-refractivity contribution in [2.45, 2.75) is 49.5 Å². The second kappa shape index (κ2) is 8.68. The molecule has 0 unspecified atom stereocenters. The summed E-state index contributed by atoms with van der Waals surface area (Å²) in [5, 5.41) is 47.9. The molecule has 122 valence electrons. The molecule has 1 saturated heterocycles. The Morgan fingerprint density at radius 3 is 2.19 bits per heavy atom. The Kier molecular flexibility index (Phi) is 9.05. The fourth-order valence-corrected chi connectivity index (χ4v) is 2.76. The van der Waals surface area contributed by atoms with Crippen molar-refractivity contribution in [1.82, 2.24) is 0 Å². The van der Waals surface area contributed by atoms with Gasteiger partial charge in [-0.25, -0.2) is 0 Å². The van der Waals surface area contributed by atoms with Gasteiger partial charge in [0.05, 0.1) is 6.61 Å². The van der Waals surface area contributed by atoms with E-state index < -0.39 is 44.4 Å². The van der Waals surface area contributed by atoms with Gasteiger partial charge in [-0.15, -0.1) is 0 Å². The van der Waals surface area contributed by atoms with Crippen LogP contribution in [-0.2, 0) is 9.30 Å². The topological polar surface area (TPSA) is 168 Å². The van der Waals surface area contributed by atoms with E-state index >= 15 is 0 Å². The molecule has 0 aromatic rings. The zero-order chi connectivity index (χ0) is 15.6. The van der Waals surface area contributed by atoms with E-state index in [1.807, 2.05) is 0 Å². The minimum Gasteiger partial charge on any atom is -1.00 e. The van der Waals surface area contributed by atoms with E-state index in [9.17, 15) is 25.0 Å². The standard InChI is InChI=1S/C10H21O9P.Na.H/c11-5-6-7(12)8(13)9(14)10(15,19-6)3-1-2-4-20(16,17)18;;/h6-9,11-15H,1-5H2,(H2,16,17,18);;/q;+1;-1/t6-,7-,8+,9-,10-;;/m1../s1. The van der Waals surface area contributed by atoms with E-state index in [0.29, 0.717) is 0 Å². The molecular weight excluding hydrogens is 318 g/mol. The van der Waals surface area contributed by atoms with Crippen LogP contribution in [0.15, 0.2) is 0 Å². The Hall–Kier alpha value is 0.910. The molecule has 0 aromatic carbocycles. The second-order valence-electron chi connectivity index (χ2n) is 4.96. The molecule has 5 atom stereocenters. The van der Waals surface area contributed by atoms with Crippen molar-refractivity contribution in [1.29, 1.82) is 0 Å². The molecule has 9 nitrogen and oxygen atoms in total. The van der Waals surface area contributed by atoms with Gasteiger partial charge in [0, 0.05) is 12.6 Å². The van der Waals surface area contributed by atoms with Crippen LogP contribution in [0.4, 0.5) is 0 Å². The van der Waals surface area contributed by atoms with Crippen LogP contribution in [0.1, 0.15) is 20.7 Å². The molecule has 0 bridgehead atoms. The normalized spacial score (nSPS) is 37.1. The Morgan fingerprint density at radius 2 is 1.71 bits per heavy atom. The summed E-state index contributed by atoms with van der Waals surface area (Å²) in [6, 6.07) is 0. The van der Waals surface area contributed by atoms with Gasteiger partial charge in [-0.1, -0.05) is 0 Å². The zero-order valence-electron chi connectivity index (χ0n) is 12.7. The fraction of sp³-hybridized carbons (Fsp3) is 1.00. The van der Waals surface area contributed by atoms with Crippen LogP contribution >= 0.6 is 7.60 Å². The Bertz CT molecular complexity index is 368. The van der Waals surface area contributed by atoms with Crippen molar-refractivity contribution in [3.8, 4) is 0 Å². The molecule has 7 N–H and O–H groups in total. The molecule has 0 aliphatic carbocycles. The molecule has 1 fully saturated rings. The summed E-state index contributed by atoms with van der Waals surface area (Å²) in [4.78, 5) is 17.4. The first-order chi connectivity index (χ1) is 9.10. The van der Waals surface area contributed by atoms with E-state index in [0.717, 1.165) is 0 Å². The molecule has 0 amide bonds. The SMILES string of the molecule is O=P(O)(O)CCCC[C@@]1(O)O[C@H](CO)[C@@H](O)[C@H](O)[C@H]1O.[H-].[Na+]. The van der Waals surface area contributed by atoms with Crippen LogP contribution in [-0.4, -0.2) is 78.3 Å². The molecule has 21 heavy (non-hydrogen) atoms. The van der Waals surface area contributed by atoms with Crippen molar-refractivity contribution < 1.29 is 75.6 Å². The van der Waals surface area contributed by atoms with Gasteiger partial charge < -0.3 is 41.5 Å². The number of ether oxygens (including phenoxy) is 1. The van der Waals surface area contributed by atoms with E-state index in [1.165, 1.54) is 0 Å². The molecule has 1 aliphatic heterocycles. The summed E-state index contributed by atoms with van der Waals surface area (Å²) in [7, 11) is -4.13. The number of hydrogen-bond acceptors (Lipinski definition) is 7. The zero-order valence-corrected chi connectivity index (χ0v) is 14.6. The van der Waals surface area contributed by atoms with E-state index in [4.69, 9.17) is 19.6 Å². The Balaban J connectivity index is 0. The minimum atomic E-state index is -4.13. The number of aliphatic hydroxyl groups is 5. The molecule has 1 rings (SSSR count). The van der Waals surface area contributed by atoms with Gasteiger partial charge in [0.25, 0.3) is 0 Å². The Labute approximate surface area is 145 Å². The average molecular weight is 340 g/mol. The Morgan fingerprint density at radius 1 is 1.14 bits per heavy atom. The maximum absolute atomic E-state index is 10.7. The first-order valence-corrected chi connectivity index (χ1v) is 8.00. The van der Waals surface area contributed by atoms with Crippen molar-refractivity contribution >= 4 is 7.60 Å². The summed E-state index contributed by atoms with van der Waals surface area (Å²) < 4.78 is 15.7. The van der Waals surface area contributed by atoms with Crippen LogP contribution in [0.25, 0.3) is 0 Å². The predicted octanol–water partition coefficient (Wildman–Crippen LogP) is -5.39. The van der Waals surface area contributed by atoms with Gasteiger partial charge in [0.2, 0.25) is 0 Å². The van der Waals surface area contributed by atoms with Crippen molar-refractivity contribution in [3.63, 3.8) is 0 Å². The first kappa shape index (κ1) is 21.9. The molecule has 11 heteroatoms. The van der Waals surface area contributed by atoms with E-state index in [2.05, 4.69) is 0 Å². The van der Waals surface area contributed by atoms with Crippen molar-refractivity contribution in [3.05, 3.63) is 0 Å². The second-order valence-corrected chi connectivity index (χ2v) is 6.73. The number of aliphatic hydroxyl groups excluding tert-OH is 4. The largest absolute Gasteiger partial charge is 1.00 e. The molecule has 0 saturated carbocycles. The van der Waals surface area contributed by atoms with Crippen LogP contribution in [0.2, 0.25) is 0 Å². The summed E-state index contributed by atoms with van der Waals surface area (Å²) in [6.07, 6.45) is -6.61. The smallest absolute Gasteiger partial charge is 1.00 e. The summed E-state index contributed by atoms with van der Waals surface area (Å²) in [5.41, 5.74) is 0. The molecule has 0 spiro atoms. The summed E-state index contributed by atoms with van der Waals surface area (Å²) in [6.45, 7) is -0.657. The third-order valence-corrected chi connectivity index (χ3v) is 4.19. The van der Waals surface area contributed by atoms with E-state index in [1.54, 1.807) is 0 Å². The maximum atomic E-state index is 10.7. The predicted molar refractivity (Wildman–Crippen MR) is 66.8 cm³/mol. The molecule has 0 radical (unpaired) electrons. The van der Waals surface area contributed by atoms with Gasteiger partial charge in [0.1, 0.15) is 24.4 Å². The molecular formula is C10H22NaO9P. The van der Waals surface area contributed by atoms with E-state index in [-0.39, 0.29) is 56.4 Å². The number of rotatable bonds is 6. The number of hydrogen-bond donors (Lipinski definition) is 7. The summed E-state index contributed by atoms with van der Waals surface area (Å²) >= 11 is 0. The van der Waals surface area contributed by atoms with Crippen LogP contribution in [0.3, 0.4) is 0 Å². The fourth-order valence-electron chi connectivity index (χ4n) is 2.12. The van der Waals surface area contributed by atoms with Gasteiger partial charge in [-0.3, -0.25) is 4.57 Å². The molecule has 1 heterocycles. The molecule has 1 aliphatic rings. The third kappa shape index (κ3) is 6.14. The van der Waals surface area contributed by atoms with Gasteiger partial charge in [0.15, 0.2) is 5.79 Å². The maximum Gasteiger partial charge on any atom is 1.00 e. The third-order valence-electron chi connectivity index (χ3n) is 3.29. The van der Waals surface area contributed by atoms with Crippen molar-refractivity contribution in [2.24, 2.45) is 0 Å².